The van der Waals surface area contributed by atoms with E-state index in [9.17, 15) is 4.79 Å². The molecule has 1 aliphatic rings. The molecular weight excluding hydrogens is 266 g/mol. The van der Waals surface area contributed by atoms with E-state index in [0.29, 0.717) is 30.0 Å². The maximum Gasteiger partial charge on any atom is 0.344 e. The van der Waals surface area contributed by atoms with Crippen LogP contribution in [0.4, 0.5) is 0 Å². The fraction of sp³-hybridized carbons (Fsp3) is 0.500. The number of carbonyl (C=O) groups is 1. The van der Waals surface area contributed by atoms with Crippen LogP contribution in [0.5, 0.6) is 5.75 Å². The summed E-state index contributed by atoms with van der Waals surface area (Å²) in [5.41, 5.74) is 0.889. The molecule has 1 aromatic rings. The summed E-state index contributed by atoms with van der Waals surface area (Å²) in [6, 6.07) is 6.04. The summed E-state index contributed by atoms with van der Waals surface area (Å²) in [5, 5.41) is 4.03. The fourth-order valence-electron chi connectivity index (χ4n) is 1.72. The van der Waals surface area contributed by atoms with Gasteiger partial charge in [-0.3, -0.25) is 0 Å². The van der Waals surface area contributed by atoms with Crippen LogP contribution in [0.1, 0.15) is 25.3 Å². The molecule has 0 atom stereocenters. The lowest BCUT2D eigenvalue weighted by Gasteiger charge is -2.13. The highest BCUT2D eigenvalue weighted by atomic mass is 35.5. The average Bonchev–Trinajstić information content (AvgIpc) is 3.19. The standard InChI is InChI=1S/C14H18ClNO3/c1-2-18-14(17)9-19-13-5-3-4-12(15)11(13)8-16-10-6-7-10/h3-5,10,16H,2,6-9H2,1H3. The van der Waals surface area contributed by atoms with Crippen LogP contribution in [0.25, 0.3) is 0 Å². The first-order valence-corrected chi connectivity index (χ1v) is 6.87. The van der Waals surface area contributed by atoms with Gasteiger partial charge >= 0.3 is 5.97 Å². The molecule has 0 radical (unpaired) electrons. The summed E-state index contributed by atoms with van der Waals surface area (Å²) in [6.45, 7) is 2.68. The van der Waals surface area contributed by atoms with Gasteiger partial charge in [0.05, 0.1) is 6.61 Å². The Hall–Kier alpha value is -1.26. The van der Waals surface area contributed by atoms with E-state index in [4.69, 9.17) is 21.1 Å². The second-order valence-electron chi connectivity index (χ2n) is 4.47. The molecule has 0 unspecified atom stereocenters. The minimum absolute atomic E-state index is 0.0926. The van der Waals surface area contributed by atoms with Crippen LogP contribution in [0.3, 0.4) is 0 Å². The van der Waals surface area contributed by atoms with Crippen molar-refractivity contribution in [2.75, 3.05) is 13.2 Å². The zero-order chi connectivity index (χ0) is 13.7. The normalized spacial score (nSPS) is 14.2. The van der Waals surface area contributed by atoms with E-state index in [1.165, 1.54) is 12.8 Å². The Labute approximate surface area is 118 Å². The first-order valence-electron chi connectivity index (χ1n) is 6.50. The number of hydrogen-bond acceptors (Lipinski definition) is 4. The first-order chi connectivity index (χ1) is 9.20. The largest absolute Gasteiger partial charge is 0.482 e. The second-order valence-corrected chi connectivity index (χ2v) is 4.87. The molecule has 19 heavy (non-hydrogen) atoms. The highest BCUT2D eigenvalue weighted by Crippen LogP contribution is 2.28. The average molecular weight is 284 g/mol. The van der Waals surface area contributed by atoms with Crippen LogP contribution < -0.4 is 10.1 Å². The summed E-state index contributed by atoms with van der Waals surface area (Å²) in [6.07, 6.45) is 2.42. The molecule has 104 valence electrons. The van der Waals surface area contributed by atoms with Gasteiger partial charge in [0, 0.05) is 23.2 Å². The van der Waals surface area contributed by atoms with Crippen molar-refractivity contribution in [3.8, 4) is 5.75 Å². The van der Waals surface area contributed by atoms with Crippen molar-refractivity contribution in [2.45, 2.75) is 32.4 Å². The summed E-state index contributed by atoms with van der Waals surface area (Å²) in [5.74, 6) is 0.261. The Bertz CT molecular complexity index is 446. The lowest BCUT2D eigenvalue weighted by atomic mass is 10.2. The highest BCUT2D eigenvalue weighted by molar-refractivity contribution is 6.31. The van der Waals surface area contributed by atoms with E-state index < -0.39 is 0 Å². The van der Waals surface area contributed by atoms with Gasteiger partial charge in [0.25, 0.3) is 0 Å². The molecule has 0 aromatic heterocycles. The number of carbonyl (C=O) groups excluding carboxylic acids is 1. The summed E-state index contributed by atoms with van der Waals surface area (Å²) >= 11 is 6.17. The van der Waals surface area contributed by atoms with Gasteiger partial charge in [-0.05, 0) is 31.9 Å². The van der Waals surface area contributed by atoms with E-state index in [1.807, 2.05) is 18.2 Å². The molecule has 0 saturated heterocycles. The molecule has 0 heterocycles. The third kappa shape index (κ3) is 4.40. The van der Waals surface area contributed by atoms with Gasteiger partial charge in [-0.2, -0.15) is 0 Å². The fourth-order valence-corrected chi connectivity index (χ4v) is 1.95. The number of nitrogens with one attached hydrogen (secondary N) is 1. The molecule has 2 rings (SSSR count). The Kier molecular flexibility index (Phi) is 5.05. The highest BCUT2D eigenvalue weighted by Gasteiger charge is 2.21. The quantitative estimate of drug-likeness (QED) is 0.781. The molecule has 5 heteroatoms. The molecule has 0 aliphatic heterocycles. The zero-order valence-electron chi connectivity index (χ0n) is 10.9. The van der Waals surface area contributed by atoms with Crippen molar-refractivity contribution in [3.05, 3.63) is 28.8 Å². The van der Waals surface area contributed by atoms with Crippen LogP contribution in [-0.2, 0) is 16.1 Å². The smallest absolute Gasteiger partial charge is 0.344 e. The third-order valence-corrected chi connectivity index (χ3v) is 3.23. The van der Waals surface area contributed by atoms with E-state index in [1.54, 1.807) is 6.92 Å². The molecule has 1 saturated carbocycles. The monoisotopic (exact) mass is 283 g/mol. The van der Waals surface area contributed by atoms with Gasteiger partial charge in [-0.1, -0.05) is 17.7 Å². The lowest BCUT2D eigenvalue weighted by Crippen LogP contribution is -2.18. The number of esters is 1. The third-order valence-electron chi connectivity index (χ3n) is 2.87. The van der Waals surface area contributed by atoms with E-state index in [2.05, 4.69) is 5.32 Å². The van der Waals surface area contributed by atoms with E-state index in [-0.39, 0.29) is 12.6 Å². The van der Waals surface area contributed by atoms with Gasteiger partial charge < -0.3 is 14.8 Å². The summed E-state index contributed by atoms with van der Waals surface area (Å²) < 4.78 is 10.3. The predicted octanol–water partition coefficient (Wildman–Crippen LogP) is 2.53. The molecule has 0 bridgehead atoms. The maximum absolute atomic E-state index is 11.3. The Morgan fingerprint density at radius 2 is 2.26 bits per heavy atom. The van der Waals surface area contributed by atoms with Crippen molar-refractivity contribution >= 4 is 17.6 Å². The van der Waals surface area contributed by atoms with Crippen LogP contribution in [0.15, 0.2) is 18.2 Å². The molecule has 1 fully saturated rings. The van der Waals surface area contributed by atoms with E-state index >= 15 is 0 Å². The Morgan fingerprint density at radius 3 is 2.95 bits per heavy atom. The van der Waals surface area contributed by atoms with Gasteiger partial charge in [0.15, 0.2) is 6.61 Å². The molecule has 0 amide bonds. The van der Waals surface area contributed by atoms with Crippen molar-refractivity contribution in [3.63, 3.8) is 0 Å². The van der Waals surface area contributed by atoms with Crippen molar-refractivity contribution < 1.29 is 14.3 Å². The lowest BCUT2D eigenvalue weighted by molar-refractivity contribution is -0.145. The number of ether oxygens (including phenoxy) is 2. The van der Waals surface area contributed by atoms with Gasteiger partial charge in [0.2, 0.25) is 0 Å². The number of hydrogen-bond donors (Lipinski definition) is 1. The minimum Gasteiger partial charge on any atom is -0.482 e. The topological polar surface area (TPSA) is 47.6 Å². The van der Waals surface area contributed by atoms with Crippen molar-refractivity contribution in [1.29, 1.82) is 0 Å². The molecule has 1 aliphatic carbocycles. The maximum atomic E-state index is 11.3. The molecule has 4 nitrogen and oxygen atoms in total. The first kappa shape index (κ1) is 14.2. The minimum atomic E-state index is -0.372. The molecule has 1 N–H and O–H groups in total. The zero-order valence-corrected chi connectivity index (χ0v) is 11.7. The SMILES string of the molecule is CCOC(=O)COc1cccc(Cl)c1CNC1CC1. The summed E-state index contributed by atoms with van der Waals surface area (Å²) in [7, 11) is 0. The van der Waals surface area contributed by atoms with Gasteiger partial charge in [0.1, 0.15) is 5.75 Å². The van der Waals surface area contributed by atoms with Crippen LogP contribution in [0.2, 0.25) is 5.02 Å². The van der Waals surface area contributed by atoms with Crippen molar-refractivity contribution in [2.24, 2.45) is 0 Å². The number of rotatable bonds is 7. The van der Waals surface area contributed by atoms with Gasteiger partial charge in [-0.15, -0.1) is 0 Å². The van der Waals surface area contributed by atoms with E-state index in [0.717, 1.165) is 5.56 Å². The Balaban J connectivity index is 1.97. The van der Waals surface area contributed by atoms with Crippen molar-refractivity contribution in [1.82, 2.24) is 5.32 Å². The molecule has 1 aromatic carbocycles. The predicted molar refractivity (Wildman–Crippen MR) is 73.4 cm³/mol. The van der Waals surface area contributed by atoms with Crippen LogP contribution in [-0.4, -0.2) is 25.2 Å². The Morgan fingerprint density at radius 1 is 1.47 bits per heavy atom. The second kappa shape index (κ2) is 6.78. The van der Waals surface area contributed by atoms with Crippen LogP contribution >= 0.6 is 11.6 Å². The molecule has 0 spiro atoms. The van der Waals surface area contributed by atoms with Crippen LogP contribution in [0, 0.1) is 0 Å². The number of benzene rings is 1. The molecular formula is C14H18ClNO3. The van der Waals surface area contributed by atoms with Gasteiger partial charge in [-0.25, -0.2) is 4.79 Å². The number of halogens is 1. The summed E-state index contributed by atoms with van der Waals surface area (Å²) in [4.78, 5) is 11.3.